The van der Waals surface area contributed by atoms with Crippen molar-refractivity contribution in [3.63, 3.8) is 0 Å². The van der Waals surface area contributed by atoms with Crippen molar-refractivity contribution in [1.82, 2.24) is 19.7 Å². The van der Waals surface area contributed by atoms with E-state index in [2.05, 4.69) is 20.4 Å². The Bertz CT molecular complexity index is 1580. The highest BCUT2D eigenvalue weighted by Gasteiger charge is 2.43. The van der Waals surface area contributed by atoms with Crippen LogP contribution in [0.2, 0.25) is 10.0 Å². The molecule has 2 aromatic heterocycles. The molecule has 0 amide bonds. The first-order chi connectivity index (χ1) is 18.7. The lowest BCUT2D eigenvalue weighted by atomic mass is 10.1. The number of anilines is 1. The number of hydrogen-bond donors (Lipinski definition) is 1. The van der Waals surface area contributed by atoms with Crippen LogP contribution in [-0.4, -0.2) is 19.7 Å². The number of nitrogens with zero attached hydrogens (tertiary/aromatic N) is 4. The Hall–Kier alpha value is -3.47. The number of alkyl halides is 12. The molecule has 4 rings (SSSR count). The van der Waals surface area contributed by atoms with E-state index in [1.165, 1.54) is 0 Å². The van der Waals surface area contributed by atoms with E-state index in [4.69, 9.17) is 23.2 Å². The fourth-order valence-corrected chi connectivity index (χ4v) is 4.22. The summed E-state index contributed by atoms with van der Waals surface area (Å²) in [7, 11) is 0. The molecule has 19 heteroatoms. The molecule has 0 spiro atoms. The molecular weight excluding hydrogens is 633 g/mol. The summed E-state index contributed by atoms with van der Waals surface area (Å²) in [6, 6.07) is 3.95. The maximum Gasteiger partial charge on any atom is 0.451 e. The number of halogens is 14. The molecule has 0 aliphatic heterocycles. The van der Waals surface area contributed by atoms with Gasteiger partial charge in [-0.1, -0.05) is 35.3 Å². The molecule has 4 aromatic rings. The van der Waals surface area contributed by atoms with Gasteiger partial charge in [0.2, 0.25) is 5.82 Å². The SMILES string of the molecule is FC(F)(F)c1ccc(CNc2c3c(C(F)(F)F)nc(C(F)(F)F)nc3nn2-c2c(Cl)cc(C(F)(F)F)cc2Cl)cc1. The van der Waals surface area contributed by atoms with Gasteiger partial charge in [0.1, 0.15) is 11.5 Å². The van der Waals surface area contributed by atoms with Crippen molar-refractivity contribution in [2.75, 3.05) is 5.32 Å². The predicted octanol–water partition coefficient (Wildman–Crippen LogP) is 8.81. The summed E-state index contributed by atoms with van der Waals surface area (Å²) in [5, 5.41) is 3.23. The van der Waals surface area contributed by atoms with Gasteiger partial charge in [-0.3, -0.25) is 0 Å². The third-order valence-corrected chi connectivity index (χ3v) is 5.93. The van der Waals surface area contributed by atoms with E-state index in [1.807, 2.05) is 0 Å². The highest BCUT2D eigenvalue weighted by atomic mass is 35.5. The van der Waals surface area contributed by atoms with Crippen LogP contribution < -0.4 is 5.32 Å². The largest absolute Gasteiger partial charge is 0.451 e. The molecule has 0 unspecified atom stereocenters. The fourth-order valence-electron chi connectivity index (χ4n) is 3.58. The average Bonchev–Trinajstić information content (AvgIpc) is 3.17. The molecule has 2 heterocycles. The minimum atomic E-state index is -5.53. The molecule has 0 saturated carbocycles. The Morgan fingerprint density at radius 3 is 1.68 bits per heavy atom. The third-order valence-electron chi connectivity index (χ3n) is 5.35. The quantitative estimate of drug-likeness (QED) is 0.226. The number of aromatic nitrogens is 4. The van der Waals surface area contributed by atoms with Crippen LogP contribution in [0.5, 0.6) is 0 Å². The maximum atomic E-state index is 13.9. The van der Waals surface area contributed by atoms with Gasteiger partial charge in [-0.15, -0.1) is 5.10 Å². The van der Waals surface area contributed by atoms with Crippen molar-refractivity contribution in [3.8, 4) is 5.69 Å². The first-order valence-electron chi connectivity index (χ1n) is 10.6. The molecule has 0 radical (unpaired) electrons. The maximum absolute atomic E-state index is 13.9. The number of fused-ring (bicyclic) bond motifs is 1. The lowest BCUT2D eigenvalue weighted by Gasteiger charge is -2.16. The number of rotatable bonds is 4. The molecule has 0 bridgehead atoms. The van der Waals surface area contributed by atoms with Crippen LogP contribution in [0.1, 0.15) is 28.2 Å². The van der Waals surface area contributed by atoms with Gasteiger partial charge in [0.15, 0.2) is 11.3 Å². The van der Waals surface area contributed by atoms with Crippen LogP contribution in [0.25, 0.3) is 16.7 Å². The summed E-state index contributed by atoms with van der Waals surface area (Å²) < 4.78 is 160. The van der Waals surface area contributed by atoms with Gasteiger partial charge in [0, 0.05) is 6.54 Å². The van der Waals surface area contributed by atoms with Crippen LogP contribution in [0.15, 0.2) is 36.4 Å². The third kappa shape index (κ3) is 6.24. The Kier molecular flexibility index (Phi) is 7.52. The smallest absolute Gasteiger partial charge is 0.365 e. The minimum absolute atomic E-state index is 0.0462. The van der Waals surface area contributed by atoms with E-state index in [0.29, 0.717) is 28.9 Å². The Morgan fingerprint density at radius 2 is 1.22 bits per heavy atom. The molecule has 2 aromatic carbocycles. The second-order valence-corrected chi connectivity index (χ2v) is 9.00. The summed E-state index contributed by atoms with van der Waals surface area (Å²) in [6.45, 7) is -0.548. The van der Waals surface area contributed by atoms with E-state index in [-0.39, 0.29) is 5.56 Å². The zero-order valence-corrected chi connectivity index (χ0v) is 20.8. The second kappa shape index (κ2) is 10.1. The molecule has 0 saturated heterocycles. The highest BCUT2D eigenvalue weighted by Crippen LogP contribution is 2.43. The normalized spacial score (nSPS) is 13.2. The summed E-state index contributed by atoms with van der Waals surface area (Å²) in [5.41, 5.74) is -6.34. The van der Waals surface area contributed by atoms with E-state index >= 15 is 0 Å². The Labute approximate surface area is 229 Å². The zero-order valence-electron chi connectivity index (χ0n) is 19.3. The van der Waals surface area contributed by atoms with Gasteiger partial charge < -0.3 is 5.32 Å². The first-order valence-corrected chi connectivity index (χ1v) is 11.4. The summed E-state index contributed by atoms with van der Waals surface area (Å²) in [4.78, 5) is 5.64. The molecular formula is C22H9Cl2F12N5. The molecule has 0 aliphatic rings. The average molecular weight is 642 g/mol. The van der Waals surface area contributed by atoms with Crippen molar-refractivity contribution in [1.29, 1.82) is 0 Å². The lowest BCUT2D eigenvalue weighted by molar-refractivity contribution is -0.151. The van der Waals surface area contributed by atoms with Crippen LogP contribution in [0, 0.1) is 0 Å². The Balaban J connectivity index is 1.97. The molecule has 41 heavy (non-hydrogen) atoms. The molecule has 0 atom stereocenters. The zero-order chi connectivity index (χ0) is 30.7. The van der Waals surface area contributed by atoms with Crippen LogP contribution in [0.4, 0.5) is 58.5 Å². The van der Waals surface area contributed by atoms with E-state index in [0.717, 1.165) is 12.1 Å². The topological polar surface area (TPSA) is 55.6 Å². The van der Waals surface area contributed by atoms with Gasteiger partial charge >= 0.3 is 24.7 Å². The van der Waals surface area contributed by atoms with Gasteiger partial charge in [0.05, 0.1) is 26.6 Å². The summed E-state index contributed by atoms with van der Waals surface area (Å²) in [5.74, 6) is -3.04. The minimum Gasteiger partial charge on any atom is -0.365 e. The number of nitrogens with one attached hydrogen (secondary N) is 1. The lowest BCUT2D eigenvalue weighted by Crippen LogP contribution is -2.18. The van der Waals surface area contributed by atoms with Gasteiger partial charge in [-0.05, 0) is 29.8 Å². The van der Waals surface area contributed by atoms with E-state index in [1.54, 1.807) is 0 Å². The molecule has 1 N–H and O–H groups in total. The van der Waals surface area contributed by atoms with Crippen molar-refractivity contribution in [2.24, 2.45) is 0 Å². The fraction of sp³-hybridized carbons (Fsp3) is 0.227. The Morgan fingerprint density at radius 1 is 0.683 bits per heavy atom. The molecule has 0 fully saturated rings. The van der Waals surface area contributed by atoms with Crippen molar-refractivity contribution in [3.05, 3.63) is 74.7 Å². The number of benzene rings is 2. The number of hydrogen-bond acceptors (Lipinski definition) is 4. The highest BCUT2D eigenvalue weighted by molar-refractivity contribution is 6.38. The van der Waals surface area contributed by atoms with Crippen LogP contribution in [0.3, 0.4) is 0 Å². The van der Waals surface area contributed by atoms with Gasteiger partial charge in [0.25, 0.3) is 0 Å². The second-order valence-electron chi connectivity index (χ2n) is 8.18. The van der Waals surface area contributed by atoms with Crippen molar-refractivity contribution in [2.45, 2.75) is 31.2 Å². The van der Waals surface area contributed by atoms with Crippen molar-refractivity contribution < 1.29 is 52.7 Å². The standard InChI is InChI=1S/C22H9Cl2F12N5/c23-11-5-10(20(28,29)30)6-12(24)14(11)41-17(37-7-8-1-3-9(4-2-8)19(25,26)27)13-15(21(31,32)33)38-18(22(34,35)36)39-16(13)40-41/h1-6,37H,7H2. The first kappa shape index (κ1) is 30.5. The summed E-state index contributed by atoms with van der Waals surface area (Å²) >= 11 is 11.9. The van der Waals surface area contributed by atoms with E-state index in [9.17, 15) is 52.7 Å². The van der Waals surface area contributed by atoms with Crippen LogP contribution in [-0.2, 0) is 31.2 Å². The monoisotopic (exact) mass is 641 g/mol. The molecule has 220 valence electrons. The van der Waals surface area contributed by atoms with Crippen molar-refractivity contribution >= 4 is 40.1 Å². The van der Waals surface area contributed by atoms with Gasteiger partial charge in [-0.2, -0.15) is 52.7 Å². The van der Waals surface area contributed by atoms with Crippen LogP contribution >= 0.6 is 23.2 Å². The summed E-state index contributed by atoms with van der Waals surface area (Å²) in [6.07, 6.45) is -20.7. The van der Waals surface area contributed by atoms with Gasteiger partial charge in [-0.25, -0.2) is 14.6 Å². The van der Waals surface area contributed by atoms with E-state index < -0.39 is 86.5 Å². The predicted molar refractivity (Wildman–Crippen MR) is 120 cm³/mol. The molecule has 5 nitrogen and oxygen atoms in total. The molecule has 0 aliphatic carbocycles.